The second-order valence-electron chi connectivity index (χ2n) is 4.72. The number of hydrogen-bond donors (Lipinski definition) is 1. The van der Waals surface area contributed by atoms with Gasteiger partial charge in [-0.05, 0) is 27.2 Å². The second kappa shape index (κ2) is 5.76. The first-order valence-corrected chi connectivity index (χ1v) is 6.08. The van der Waals surface area contributed by atoms with E-state index < -0.39 is 5.41 Å². The summed E-state index contributed by atoms with van der Waals surface area (Å²) in [6, 6.07) is 4.46. The van der Waals surface area contributed by atoms with Crippen LogP contribution in [0.15, 0.2) is 18.2 Å². The number of benzene rings is 1. The van der Waals surface area contributed by atoms with Gasteiger partial charge in [-0.1, -0.05) is 6.92 Å². The molecule has 0 fully saturated rings. The highest BCUT2D eigenvalue weighted by atomic mass is 16.5. The van der Waals surface area contributed by atoms with Crippen LogP contribution in [0.2, 0.25) is 0 Å². The number of phenolic OH excluding ortho intramolecular Hbond substituents is 1. The van der Waals surface area contributed by atoms with E-state index >= 15 is 0 Å². The van der Waals surface area contributed by atoms with E-state index in [4.69, 9.17) is 9.47 Å². The number of carbonyl (C=O) groups is 1. The Kier molecular flexibility index (Phi) is 4.59. The van der Waals surface area contributed by atoms with Crippen molar-refractivity contribution in [1.29, 1.82) is 0 Å². The van der Waals surface area contributed by atoms with Crippen LogP contribution in [0, 0.1) is 5.41 Å². The first-order chi connectivity index (χ1) is 8.39. The molecule has 0 aromatic heterocycles. The number of phenols is 1. The van der Waals surface area contributed by atoms with Crippen LogP contribution in [0.25, 0.3) is 0 Å². The molecule has 0 saturated heterocycles. The largest absolute Gasteiger partial charge is 0.508 e. The van der Waals surface area contributed by atoms with E-state index in [9.17, 15) is 9.90 Å². The van der Waals surface area contributed by atoms with Gasteiger partial charge in [0.25, 0.3) is 0 Å². The molecule has 4 nitrogen and oxygen atoms in total. The van der Waals surface area contributed by atoms with Gasteiger partial charge >= 0.3 is 5.97 Å². The maximum atomic E-state index is 11.9. The normalized spacial score (nSPS) is 11.1. The van der Waals surface area contributed by atoms with Gasteiger partial charge in [-0.3, -0.25) is 4.79 Å². The van der Waals surface area contributed by atoms with Gasteiger partial charge in [-0.25, -0.2) is 0 Å². The molecule has 0 amide bonds. The van der Waals surface area contributed by atoms with Gasteiger partial charge in [-0.15, -0.1) is 0 Å². The van der Waals surface area contributed by atoms with Gasteiger partial charge in [0.15, 0.2) is 0 Å². The predicted octanol–water partition coefficient (Wildman–Crippen LogP) is 3.13. The van der Waals surface area contributed by atoms with Crippen molar-refractivity contribution >= 4 is 5.97 Å². The minimum atomic E-state index is -0.544. The van der Waals surface area contributed by atoms with Crippen LogP contribution in [0.4, 0.5) is 0 Å². The van der Waals surface area contributed by atoms with Crippen molar-refractivity contribution in [1.82, 2.24) is 0 Å². The SMILES string of the molecule is CCOc1cc(O)cc(OC(=O)C(C)(C)CC)c1. The monoisotopic (exact) mass is 252 g/mol. The number of carbonyl (C=O) groups excluding carboxylic acids is 1. The Hall–Kier alpha value is -1.71. The number of aromatic hydroxyl groups is 1. The smallest absolute Gasteiger partial charge is 0.316 e. The fourth-order valence-corrected chi connectivity index (χ4v) is 1.26. The summed E-state index contributed by atoms with van der Waals surface area (Å²) in [6.07, 6.45) is 0.683. The highest BCUT2D eigenvalue weighted by Crippen LogP contribution is 2.29. The van der Waals surface area contributed by atoms with Crippen LogP contribution in [0.3, 0.4) is 0 Å². The standard InChI is InChI=1S/C14H20O4/c1-5-14(3,4)13(16)18-12-8-10(15)7-11(9-12)17-6-2/h7-9,15H,5-6H2,1-4H3. The van der Waals surface area contributed by atoms with E-state index in [1.807, 2.05) is 27.7 Å². The van der Waals surface area contributed by atoms with Crippen LogP contribution in [-0.4, -0.2) is 17.7 Å². The maximum Gasteiger partial charge on any atom is 0.316 e. The van der Waals surface area contributed by atoms with Gasteiger partial charge in [0.1, 0.15) is 17.2 Å². The van der Waals surface area contributed by atoms with Crippen LogP contribution in [-0.2, 0) is 4.79 Å². The minimum absolute atomic E-state index is 0.0121. The molecule has 0 aliphatic carbocycles. The molecule has 18 heavy (non-hydrogen) atoms. The predicted molar refractivity (Wildman–Crippen MR) is 69.0 cm³/mol. The zero-order chi connectivity index (χ0) is 13.8. The van der Waals surface area contributed by atoms with Crippen molar-refractivity contribution in [3.05, 3.63) is 18.2 Å². The molecule has 1 aromatic rings. The van der Waals surface area contributed by atoms with E-state index in [0.29, 0.717) is 24.5 Å². The Balaban J connectivity index is 2.87. The number of rotatable bonds is 5. The van der Waals surface area contributed by atoms with E-state index in [-0.39, 0.29) is 11.7 Å². The lowest BCUT2D eigenvalue weighted by Gasteiger charge is -2.20. The fraction of sp³-hybridized carbons (Fsp3) is 0.500. The van der Waals surface area contributed by atoms with E-state index in [1.54, 1.807) is 6.07 Å². The Bertz CT molecular complexity index is 424. The molecule has 100 valence electrons. The molecule has 0 aliphatic rings. The zero-order valence-corrected chi connectivity index (χ0v) is 11.3. The summed E-state index contributed by atoms with van der Waals surface area (Å²) in [4.78, 5) is 11.9. The molecule has 0 heterocycles. The molecule has 0 unspecified atom stereocenters. The third-order valence-electron chi connectivity index (χ3n) is 2.82. The summed E-state index contributed by atoms with van der Waals surface area (Å²) in [7, 11) is 0. The highest BCUT2D eigenvalue weighted by molar-refractivity contribution is 5.78. The van der Waals surface area contributed by atoms with Crippen molar-refractivity contribution < 1.29 is 19.4 Å². The van der Waals surface area contributed by atoms with Gasteiger partial charge in [0.2, 0.25) is 0 Å². The molecule has 0 saturated carbocycles. The highest BCUT2D eigenvalue weighted by Gasteiger charge is 2.27. The Morgan fingerprint density at radius 3 is 2.39 bits per heavy atom. The van der Waals surface area contributed by atoms with Gasteiger partial charge in [-0.2, -0.15) is 0 Å². The lowest BCUT2D eigenvalue weighted by atomic mass is 9.91. The van der Waals surface area contributed by atoms with Crippen molar-refractivity contribution in [2.75, 3.05) is 6.61 Å². The van der Waals surface area contributed by atoms with Crippen molar-refractivity contribution in [2.45, 2.75) is 34.1 Å². The Morgan fingerprint density at radius 2 is 1.83 bits per heavy atom. The van der Waals surface area contributed by atoms with Crippen molar-refractivity contribution in [2.24, 2.45) is 5.41 Å². The minimum Gasteiger partial charge on any atom is -0.508 e. The summed E-state index contributed by atoms with van der Waals surface area (Å²) in [5.41, 5.74) is -0.544. The zero-order valence-electron chi connectivity index (χ0n) is 11.3. The molecule has 1 aromatic carbocycles. The molecule has 0 radical (unpaired) electrons. The first-order valence-electron chi connectivity index (χ1n) is 6.08. The Morgan fingerprint density at radius 1 is 1.22 bits per heavy atom. The molecular weight excluding hydrogens is 232 g/mol. The summed E-state index contributed by atoms with van der Waals surface area (Å²) in [6.45, 7) is 7.89. The molecule has 4 heteroatoms. The third-order valence-corrected chi connectivity index (χ3v) is 2.82. The van der Waals surface area contributed by atoms with E-state index in [2.05, 4.69) is 0 Å². The summed E-state index contributed by atoms with van der Waals surface area (Å²) >= 11 is 0. The molecule has 0 atom stereocenters. The summed E-state index contributed by atoms with van der Waals surface area (Å²) in [5, 5.41) is 9.52. The van der Waals surface area contributed by atoms with E-state index in [1.165, 1.54) is 12.1 Å². The lowest BCUT2D eigenvalue weighted by Crippen LogP contribution is -2.28. The third kappa shape index (κ3) is 3.65. The van der Waals surface area contributed by atoms with Gasteiger partial charge in [0, 0.05) is 18.2 Å². The maximum absolute atomic E-state index is 11.9. The van der Waals surface area contributed by atoms with Crippen LogP contribution in [0.5, 0.6) is 17.2 Å². The van der Waals surface area contributed by atoms with Crippen LogP contribution >= 0.6 is 0 Å². The molecule has 0 aliphatic heterocycles. The fourth-order valence-electron chi connectivity index (χ4n) is 1.26. The molecule has 1 N–H and O–H groups in total. The van der Waals surface area contributed by atoms with Crippen LogP contribution < -0.4 is 9.47 Å². The number of esters is 1. The molecule has 0 spiro atoms. The van der Waals surface area contributed by atoms with Crippen LogP contribution in [0.1, 0.15) is 34.1 Å². The second-order valence-corrected chi connectivity index (χ2v) is 4.72. The quantitative estimate of drug-likeness (QED) is 0.646. The topological polar surface area (TPSA) is 55.8 Å². The number of hydrogen-bond acceptors (Lipinski definition) is 4. The lowest BCUT2D eigenvalue weighted by molar-refractivity contribution is -0.144. The van der Waals surface area contributed by atoms with Crippen molar-refractivity contribution in [3.63, 3.8) is 0 Å². The summed E-state index contributed by atoms with van der Waals surface area (Å²) in [5.74, 6) is 0.468. The van der Waals surface area contributed by atoms with Gasteiger partial charge in [0.05, 0.1) is 12.0 Å². The molecule has 1 rings (SSSR count). The molecular formula is C14H20O4. The first kappa shape index (κ1) is 14.4. The van der Waals surface area contributed by atoms with Gasteiger partial charge < -0.3 is 14.6 Å². The Labute approximate surface area is 108 Å². The summed E-state index contributed by atoms with van der Waals surface area (Å²) < 4.78 is 10.5. The van der Waals surface area contributed by atoms with E-state index in [0.717, 1.165) is 0 Å². The average Bonchev–Trinajstić information content (AvgIpc) is 2.28. The molecule has 0 bridgehead atoms. The number of ether oxygens (including phenoxy) is 2. The van der Waals surface area contributed by atoms with Crippen molar-refractivity contribution in [3.8, 4) is 17.2 Å². The average molecular weight is 252 g/mol.